The fraction of sp³-hybridized carbons (Fsp3) is 0.143. The van der Waals surface area contributed by atoms with Crippen molar-refractivity contribution in [2.45, 2.75) is 0 Å². The van der Waals surface area contributed by atoms with Gasteiger partial charge < -0.3 is 4.74 Å². The Balaban J connectivity index is 1.63. The molecule has 5 nitrogen and oxygen atoms in total. The van der Waals surface area contributed by atoms with E-state index in [1.807, 2.05) is 30.3 Å². The van der Waals surface area contributed by atoms with Crippen LogP contribution < -0.4 is 10.2 Å². The quantitative estimate of drug-likeness (QED) is 0.634. The lowest BCUT2D eigenvalue weighted by Crippen LogP contribution is -2.26. The number of hydroxylamine groups is 1. The van der Waals surface area contributed by atoms with Gasteiger partial charge in [-0.3, -0.25) is 14.6 Å². The lowest BCUT2D eigenvalue weighted by molar-refractivity contribution is 0.0200. The zero-order valence-electron chi connectivity index (χ0n) is 10.3. The van der Waals surface area contributed by atoms with Crippen LogP contribution in [0, 0.1) is 0 Å². The predicted molar refractivity (Wildman–Crippen MR) is 69.6 cm³/mol. The van der Waals surface area contributed by atoms with Crippen LogP contribution in [0.3, 0.4) is 0 Å². The van der Waals surface area contributed by atoms with Crippen LogP contribution in [-0.4, -0.2) is 24.1 Å². The number of ether oxygens (including phenoxy) is 1. The lowest BCUT2D eigenvalue weighted by atomic mass is 10.3. The number of para-hydroxylation sites is 1. The van der Waals surface area contributed by atoms with Crippen LogP contribution in [0.25, 0.3) is 0 Å². The number of hydrogen-bond acceptors (Lipinski definition) is 4. The van der Waals surface area contributed by atoms with E-state index in [0.717, 1.165) is 5.75 Å². The molecule has 0 aliphatic heterocycles. The average Bonchev–Trinajstić information content (AvgIpc) is 2.49. The summed E-state index contributed by atoms with van der Waals surface area (Å²) in [6, 6.07) is 12.8. The number of nitrogens with zero attached hydrogens (tertiary/aromatic N) is 1. The van der Waals surface area contributed by atoms with Gasteiger partial charge in [-0.2, -0.15) is 0 Å². The Hall–Kier alpha value is -2.40. The van der Waals surface area contributed by atoms with Gasteiger partial charge in [-0.1, -0.05) is 18.2 Å². The molecule has 19 heavy (non-hydrogen) atoms. The molecule has 1 aromatic carbocycles. The monoisotopic (exact) mass is 258 g/mol. The number of pyridine rings is 1. The summed E-state index contributed by atoms with van der Waals surface area (Å²) in [5.41, 5.74) is 2.78. The number of aromatic nitrogens is 1. The molecule has 1 N–H and O–H groups in total. The molecule has 98 valence electrons. The molecular weight excluding hydrogens is 244 g/mol. The molecule has 1 heterocycles. The Morgan fingerprint density at radius 1 is 1.11 bits per heavy atom. The summed E-state index contributed by atoms with van der Waals surface area (Å²) in [5, 5.41) is 0. The molecule has 1 amide bonds. The molecule has 0 saturated heterocycles. The van der Waals surface area contributed by atoms with Crippen molar-refractivity contribution >= 4 is 5.91 Å². The van der Waals surface area contributed by atoms with E-state index in [4.69, 9.17) is 9.57 Å². The molecule has 1 aromatic heterocycles. The van der Waals surface area contributed by atoms with Gasteiger partial charge in [-0.15, -0.1) is 0 Å². The number of rotatable bonds is 6. The summed E-state index contributed by atoms with van der Waals surface area (Å²) in [4.78, 5) is 20.4. The first-order valence-corrected chi connectivity index (χ1v) is 5.86. The molecule has 5 heteroatoms. The van der Waals surface area contributed by atoms with Gasteiger partial charge in [0, 0.05) is 12.4 Å². The second-order valence-electron chi connectivity index (χ2n) is 3.68. The summed E-state index contributed by atoms with van der Waals surface area (Å²) in [6.07, 6.45) is 3.07. The normalized spacial score (nSPS) is 9.89. The fourth-order valence-electron chi connectivity index (χ4n) is 1.39. The van der Waals surface area contributed by atoms with Crippen molar-refractivity contribution in [3.8, 4) is 5.75 Å². The van der Waals surface area contributed by atoms with Crippen LogP contribution in [0.1, 0.15) is 10.4 Å². The minimum absolute atomic E-state index is 0.265. The number of hydrogen-bond donors (Lipinski definition) is 1. The third kappa shape index (κ3) is 4.40. The van der Waals surface area contributed by atoms with E-state index in [1.165, 1.54) is 6.20 Å². The maximum Gasteiger partial charge on any atom is 0.276 e. The number of carbonyl (C=O) groups excluding carboxylic acids is 1. The van der Waals surface area contributed by atoms with Crippen molar-refractivity contribution in [1.82, 2.24) is 10.5 Å². The van der Waals surface area contributed by atoms with E-state index in [0.29, 0.717) is 12.2 Å². The number of carbonyl (C=O) groups is 1. The summed E-state index contributed by atoms with van der Waals surface area (Å²) in [5.74, 6) is 0.442. The first-order valence-electron chi connectivity index (χ1n) is 5.86. The summed E-state index contributed by atoms with van der Waals surface area (Å²) in [6.45, 7) is 0.623. The summed E-state index contributed by atoms with van der Waals surface area (Å²) >= 11 is 0. The molecule has 2 rings (SSSR count). The van der Waals surface area contributed by atoms with E-state index >= 15 is 0 Å². The molecule has 2 aromatic rings. The molecule has 0 aliphatic rings. The van der Waals surface area contributed by atoms with Gasteiger partial charge in [-0.05, 0) is 24.3 Å². The molecule has 0 unspecified atom stereocenters. The number of benzene rings is 1. The van der Waals surface area contributed by atoms with Crippen LogP contribution in [-0.2, 0) is 4.84 Å². The van der Waals surface area contributed by atoms with Crippen LogP contribution in [0.15, 0.2) is 54.9 Å². The number of amides is 1. The molecule has 0 radical (unpaired) electrons. The van der Waals surface area contributed by atoms with Gasteiger partial charge in [0.1, 0.15) is 19.0 Å². The van der Waals surface area contributed by atoms with Gasteiger partial charge in [0.05, 0.1) is 5.56 Å². The molecule has 0 saturated carbocycles. The Morgan fingerprint density at radius 2 is 1.95 bits per heavy atom. The second kappa shape index (κ2) is 7.13. The van der Waals surface area contributed by atoms with Gasteiger partial charge >= 0.3 is 0 Å². The topological polar surface area (TPSA) is 60.5 Å². The Labute approximate surface area is 111 Å². The standard InChI is InChI=1S/C14H14N2O3/c17-14(12-5-4-8-15-11-12)16-19-10-9-18-13-6-2-1-3-7-13/h1-8,11H,9-10H2,(H,16,17). The summed E-state index contributed by atoms with van der Waals surface area (Å²) < 4.78 is 5.40. The predicted octanol–water partition coefficient (Wildman–Crippen LogP) is 1.82. The third-order valence-corrected chi connectivity index (χ3v) is 2.29. The first kappa shape index (κ1) is 13.0. The van der Waals surface area contributed by atoms with E-state index in [-0.39, 0.29) is 12.5 Å². The van der Waals surface area contributed by atoms with Gasteiger partial charge in [0.2, 0.25) is 0 Å². The van der Waals surface area contributed by atoms with Crippen LogP contribution in [0.4, 0.5) is 0 Å². The van der Waals surface area contributed by atoms with E-state index in [2.05, 4.69) is 10.5 Å². The second-order valence-corrected chi connectivity index (χ2v) is 3.68. The molecule has 0 spiro atoms. The zero-order valence-corrected chi connectivity index (χ0v) is 10.3. The fourth-order valence-corrected chi connectivity index (χ4v) is 1.39. The highest BCUT2D eigenvalue weighted by molar-refractivity contribution is 5.92. The average molecular weight is 258 g/mol. The molecule has 0 fully saturated rings. The Bertz CT molecular complexity index is 503. The van der Waals surface area contributed by atoms with Crippen molar-refractivity contribution in [2.75, 3.05) is 13.2 Å². The molecule has 0 bridgehead atoms. The van der Waals surface area contributed by atoms with E-state index in [9.17, 15) is 4.79 Å². The van der Waals surface area contributed by atoms with Crippen LogP contribution in [0.5, 0.6) is 5.75 Å². The molecule has 0 atom stereocenters. The largest absolute Gasteiger partial charge is 0.491 e. The van der Waals surface area contributed by atoms with Crippen molar-refractivity contribution in [2.24, 2.45) is 0 Å². The van der Waals surface area contributed by atoms with Crippen LogP contribution >= 0.6 is 0 Å². The Morgan fingerprint density at radius 3 is 2.68 bits per heavy atom. The highest BCUT2D eigenvalue weighted by Crippen LogP contribution is 2.07. The highest BCUT2D eigenvalue weighted by atomic mass is 16.7. The minimum Gasteiger partial charge on any atom is -0.491 e. The van der Waals surface area contributed by atoms with Gasteiger partial charge in [0.25, 0.3) is 5.91 Å². The van der Waals surface area contributed by atoms with Crippen molar-refractivity contribution in [3.05, 3.63) is 60.4 Å². The van der Waals surface area contributed by atoms with E-state index < -0.39 is 0 Å². The van der Waals surface area contributed by atoms with Gasteiger partial charge in [-0.25, -0.2) is 5.48 Å². The smallest absolute Gasteiger partial charge is 0.276 e. The lowest BCUT2D eigenvalue weighted by Gasteiger charge is -2.07. The van der Waals surface area contributed by atoms with E-state index in [1.54, 1.807) is 18.3 Å². The van der Waals surface area contributed by atoms with Crippen molar-refractivity contribution in [1.29, 1.82) is 0 Å². The minimum atomic E-state index is -0.326. The molecular formula is C14H14N2O3. The number of nitrogens with one attached hydrogen (secondary N) is 1. The zero-order chi connectivity index (χ0) is 13.3. The molecule has 0 aliphatic carbocycles. The van der Waals surface area contributed by atoms with Crippen molar-refractivity contribution < 1.29 is 14.4 Å². The third-order valence-electron chi connectivity index (χ3n) is 2.29. The van der Waals surface area contributed by atoms with Gasteiger partial charge in [0.15, 0.2) is 0 Å². The SMILES string of the molecule is O=C(NOCCOc1ccccc1)c1cccnc1. The highest BCUT2D eigenvalue weighted by Gasteiger charge is 2.04. The van der Waals surface area contributed by atoms with Crippen LogP contribution in [0.2, 0.25) is 0 Å². The maximum absolute atomic E-state index is 11.6. The Kier molecular flexibility index (Phi) is 4.89. The summed E-state index contributed by atoms with van der Waals surface area (Å²) in [7, 11) is 0. The first-order chi connectivity index (χ1) is 9.36. The van der Waals surface area contributed by atoms with Crippen molar-refractivity contribution in [3.63, 3.8) is 0 Å². The maximum atomic E-state index is 11.6.